The molecule has 1 heterocycles. The molecule has 1 aromatic heterocycles. The van der Waals surface area contributed by atoms with Gasteiger partial charge < -0.3 is 5.32 Å². The van der Waals surface area contributed by atoms with Crippen molar-refractivity contribution in [3.05, 3.63) is 40.5 Å². The van der Waals surface area contributed by atoms with Crippen LogP contribution in [0.1, 0.15) is 50.0 Å². The van der Waals surface area contributed by atoms with Gasteiger partial charge in [-0.2, -0.15) is 0 Å². The van der Waals surface area contributed by atoms with Crippen LogP contribution in [0.3, 0.4) is 0 Å². The van der Waals surface area contributed by atoms with Gasteiger partial charge >= 0.3 is 0 Å². The highest BCUT2D eigenvalue weighted by atomic mass is 79.9. The minimum Gasteiger partial charge on any atom is -0.350 e. The van der Waals surface area contributed by atoms with Gasteiger partial charge in [-0.15, -0.1) is 0 Å². The molecule has 1 amide bonds. The SMILES string of the molecule is CC1CCC(C)(CNC(=O)c2nc3ccccc3cc2Br)CC1. The molecule has 1 aromatic carbocycles. The summed E-state index contributed by atoms with van der Waals surface area (Å²) in [7, 11) is 0. The molecule has 0 radical (unpaired) electrons. The van der Waals surface area contributed by atoms with E-state index in [1.807, 2.05) is 30.3 Å². The minimum atomic E-state index is -0.0949. The van der Waals surface area contributed by atoms with E-state index in [1.165, 1.54) is 25.7 Å². The van der Waals surface area contributed by atoms with Gasteiger partial charge in [0, 0.05) is 16.4 Å². The standard InChI is InChI=1S/C19H23BrN2O/c1-13-7-9-19(2,10-8-13)12-21-18(23)17-15(20)11-14-5-3-4-6-16(14)22-17/h3-6,11,13H,7-10,12H2,1-2H3,(H,21,23). The summed E-state index contributed by atoms with van der Waals surface area (Å²) in [6.45, 7) is 5.32. The van der Waals surface area contributed by atoms with Crippen molar-refractivity contribution in [3.8, 4) is 0 Å². The first-order valence-corrected chi connectivity index (χ1v) is 9.10. The number of nitrogens with zero attached hydrogens (tertiary/aromatic N) is 1. The number of hydrogen-bond acceptors (Lipinski definition) is 2. The number of amides is 1. The second-order valence-electron chi connectivity index (χ2n) is 7.19. The largest absolute Gasteiger partial charge is 0.350 e. The summed E-state index contributed by atoms with van der Waals surface area (Å²) in [6.07, 6.45) is 4.87. The van der Waals surface area contributed by atoms with Gasteiger partial charge in [-0.3, -0.25) is 4.79 Å². The smallest absolute Gasteiger partial charge is 0.271 e. The van der Waals surface area contributed by atoms with Crippen LogP contribution in [-0.2, 0) is 0 Å². The van der Waals surface area contributed by atoms with Gasteiger partial charge in [0.1, 0.15) is 5.69 Å². The van der Waals surface area contributed by atoms with Crippen molar-refractivity contribution >= 4 is 32.7 Å². The molecule has 4 heteroatoms. The van der Waals surface area contributed by atoms with Crippen LogP contribution < -0.4 is 5.32 Å². The number of nitrogens with one attached hydrogen (secondary N) is 1. The molecule has 3 rings (SSSR count). The van der Waals surface area contributed by atoms with E-state index in [-0.39, 0.29) is 11.3 Å². The number of benzene rings is 1. The van der Waals surface area contributed by atoms with Gasteiger partial charge in [0.25, 0.3) is 5.91 Å². The van der Waals surface area contributed by atoms with Crippen molar-refractivity contribution in [2.45, 2.75) is 39.5 Å². The number of carbonyl (C=O) groups excluding carboxylic acids is 1. The van der Waals surface area contributed by atoms with Crippen molar-refractivity contribution < 1.29 is 4.79 Å². The molecule has 0 saturated heterocycles. The Morgan fingerprint density at radius 2 is 2.04 bits per heavy atom. The van der Waals surface area contributed by atoms with Gasteiger partial charge in [-0.25, -0.2) is 4.98 Å². The molecule has 0 aliphatic heterocycles. The van der Waals surface area contributed by atoms with Crippen molar-refractivity contribution in [3.63, 3.8) is 0 Å². The average molecular weight is 375 g/mol. The quantitative estimate of drug-likeness (QED) is 0.825. The number of halogens is 1. The molecule has 0 unspecified atom stereocenters. The lowest BCUT2D eigenvalue weighted by molar-refractivity contribution is 0.0904. The van der Waals surface area contributed by atoms with Crippen molar-refractivity contribution in [1.82, 2.24) is 10.3 Å². The Labute approximate surface area is 146 Å². The topological polar surface area (TPSA) is 42.0 Å². The summed E-state index contributed by atoms with van der Waals surface area (Å²) in [5.41, 5.74) is 1.53. The first-order valence-electron chi connectivity index (χ1n) is 8.30. The van der Waals surface area contributed by atoms with Crippen LogP contribution >= 0.6 is 15.9 Å². The fourth-order valence-electron chi connectivity index (χ4n) is 3.26. The number of rotatable bonds is 3. The van der Waals surface area contributed by atoms with E-state index in [0.717, 1.165) is 27.8 Å². The summed E-state index contributed by atoms with van der Waals surface area (Å²) < 4.78 is 0.746. The number of fused-ring (bicyclic) bond motifs is 1. The van der Waals surface area contributed by atoms with E-state index in [1.54, 1.807) is 0 Å². The Hall–Kier alpha value is -1.42. The van der Waals surface area contributed by atoms with Crippen LogP contribution in [0.2, 0.25) is 0 Å². The molecule has 1 saturated carbocycles. The highest BCUT2D eigenvalue weighted by Gasteiger charge is 2.30. The lowest BCUT2D eigenvalue weighted by Gasteiger charge is -2.36. The number of pyridine rings is 1. The molecule has 122 valence electrons. The van der Waals surface area contributed by atoms with Gasteiger partial charge in [-0.05, 0) is 52.2 Å². The molecular weight excluding hydrogens is 352 g/mol. The average Bonchev–Trinajstić information content (AvgIpc) is 2.55. The van der Waals surface area contributed by atoms with Crippen molar-refractivity contribution in [2.24, 2.45) is 11.3 Å². The van der Waals surface area contributed by atoms with Crippen LogP contribution in [0.4, 0.5) is 0 Å². The predicted octanol–water partition coefficient (Wildman–Crippen LogP) is 4.94. The van der Waals surface area contributed by atoms with E-state index in [0.29, 0.717) is 5.69 Å². The normalized spacial score (nSPS) is 24.6. The predicted molar refractivity (Wildman–Crippen MR) is 97.5 cm³/mol. The molecule has 1 fully saturated rings. The third-order valence-electron chi connectivity index (χ3n) is 5.05. The minimum absolute atomic E-state index is 0.0949. The van der Waals surface area contributed by atoms with Gasteiger partial charge in [-0.1, -0.05) is 44.9 Å². The number of hydrogen-bond donors (Lipinski definition) is 1. The third-order valence-corrected chi connectivity index (χ3v) is 5.65. The number of para-hydroxylation sites is 1. The van der Waals surface area contributed by atoms with Crippen LogP contribution in [-0.4, -0.2) is 17.4 Å². The molecule has 3 nitrogen and oxygen atoms in total. The highest BCUT2D eigenvalue weighted by molar-refractivity contribution is 9.10. The van der Waals surface area contributed by atoms with Gasteiger partial charge in [0.05, 0.1) is 5.52 Å². The second kappa shape index (κ2) is 6.60. The molecule has 23 heavy (non-hydrogen) atoms. The Morgan fingerprint density at radius 1 is 1.35 bits per heavy atom. The molecule has 1 aliphatic rings. The Bertz CT molecular complexity index is 720. The second-order valence-corrected chi connectivity index (χ2v) is 8.04. The maximum Gasteiger partial charge on any atom is 0.271 e. The number of aromatic nitrogens is 1. The summed E-state index contributed by atoms with van der Waals surface area (Å²) in [4.78, 5) is 17.1. The fourth-order valence-corrected chi connectivity index (χ4v) is 3.78. The molecule has 0 bridgehead atoms. The van der Waals surface area contributed by atoms with Crippen LogP contribution in [0.25, 0.3) is 10.9 Å². The maximum absolute atomic E-state index is 12.6. The number of carbonyl (C=O) groups is 1. The zero-order valence-electron chi connectivity index (χ0n) is 13.7. The van der Waals surface area contributed by atoms with E-state index in [9.17, 15) is 4.79 Å². The van der Waals surface area contributed by atoms with Gasteiger partial charge in [0.2, 0.25) is 0 Å². The Morgan fingerprint density at radius 3 is 2.78 bits per heavy atom. The summed E-state index contributed by atoms with van der Waals surface area (Å²) in [5, 5.41) is 4.13. The van der Waals surface area contributed by atoms with E-state index >= 15 is 0 Å². The summed E-state index contributed by atoms with van der Waals surface area (Å²) in [6, 6.07) is 9.80. The molecule has 0 atom stereocenters. The summed E-state index contributed by atoms with van der Waals surface area (Å²) in [5.74, 6) is 0.720. The first kappa shape index (κ1) is 16.4. The van der Waals surface area contributed by atoms with Crippen molar-refractivity contribution in [1.29, 1.82) is 0 Å². The zero-order valence-corrected chi connectivity index (χ0v) is 15.3. The van der Waals surface area contributed by atoms with E-state index in [4.69, 9.17) is 0 Å². The van der Waals surface area contributed by atoms with E-state index < -0.39 is 0 Å². The van der Waals surface area contributed by atoms with Crippen LogP contribution in [0, 0.1) is 11.3 Å². The molecule has 2 aromatic rings. The third kappa shape index (κ3) is 3.74. The zero-order chi connectivity index (χ0) is 16.4. The highest BCUT2D eigenvalue weighted by Crippen LogP contribution is 2.37. The Balaban J connectivity index is 1.72. The van der Waals surface area contributed by atoms with Crippen molar-refractivity contribution in [2.75, 3.05) is 6.54 Å². The monoisotopic (exact) mass is 374 g/mol. The molecule has 1 N–H and O–H groups in total. The molecule has 1 aliphatic carbocycles. The van der Waals surface area contributed by atoms with E-state index in [2.05, 4.69) is 40.1 Å². The summed E-state index contributed by atoms with van der Waals surface area (Å²) >= 11 is 3.48. The lowest BCUT2D eigenvalue weighted by Crippen LogP contribution is -2.38. The van der Waals surface area contributed by atoms with Crippen LogP contribution in [0.15, 0.2) is 34.8 Å². The maximum atomic E-state index is 12.6. The first-order chi connectivity index (χ1) is 11.0. The Kier molecular flexibility index (Phi) is 4.72. The fraction of sp³-hybridized carbons (Fsp3) is 0.474. The van der Waals surface area contributed by atoms with Crippen LogP contribution in [0.5, 0.6) is 0 Å². The lowest BCUT2D eigenvalue weighted by atomic mass is 9.72. The molecule has 0 spiro atoms. The van der Waals surface area contributed by atoms with Gasteiger partial charge in [0.15, 0.2) is 0 Å². The molecular formula is C19H23BrN2O.